The predicted octanol–water partition coefficient (Wildman–Crippen LogP) is 3.18. The Morgan fingerprint density at radius 3 is 2.86 bits per heavy atom. The largest absolute Gasteiger partial charge is 0.363 e. The average Bonchev–Trinajstić information content (AvgIpc) is 3.13. The molecule has 2 atom stereocenters. The molecule has 1 aliphatic rings. The number of hydrogen-bond donors (Lipinski definition) is 2. The van der Waals surface area contributed by atoms with E-state index in [9.17, 15) is 0 Å². The number of nitrogens with one attached hydrogen (secondary N) is 2. The summed E-state index contributed by atoms with van der Waals surface area (Å²) in [6.07, 6.45) is 6.09. The fourth-order valence-corrected chi connectivity index (χ4v) is 3.17. The van der Waals surface area contributed by atoms with Gasteiger partial charge in [0.1, 0.15) is 0 Å². The van der Waals surface area contributed by atoms with Crippen LogP contribution in [0.5, 0.6) is 0 Å². The maximum Gasteiger partial charge on any atom is 0.170 e. The molecular formula is C16H20N4S. The van der Waals surface area contributed by atoms with E-state index in [0.29, 0.717) is 0 Å². The molecule has 0 bridgehead atoms. The summed E-state index contributed by atoms with van der Waals surface area (Å²) in [5.41, 5.74) is 2.20. The van der Waals surface area contributed by atoms with Crippen LogP contribution in [0.3, 0.4) is 0 Å². The van der Waals surface area contributed by atoms with E-state index in [2.05, 4.69) is 39.2 Å². The van der Waals surface area contributed by atoms with Crippen molar-refractivity contribution in [2.45, 2.75) is 31.8 Å². The van der Waals surface area contributed by atoms with Gasteiger partial charge in [-0.15, -0.1) is 0 Å². The summed E-state index contributed by atoms with van der Waals surface area (Å²) in [5, 5.41) is 4.26. The van der Waals surface area contributed by atoms with Crippen molar-refractivity contribution in [3.05, 3.63) is 54.1 Å². The summed E-state index contributed by atoms with van der Waals surface area (Å²) in [5.74, 6) is 0. The van der Waals surface area contributed by atoms with Crippen LogP contribution in [-0.2, 0) is 0 Å². The molecule has 1 fully saturated rings. The summed E-state index contributed by atoms with van der Waals surface area (Å²) in [4.78, 5) is 10.1. The van der Waals surface area contributed by atoms with Gasteiger partial charge in [-0.1, -0.05) is 19.4 Å². The number of nitrogens with zero attached hydrogens (tertiary/aromatic N) is 2. The fourth-order valence-electron chi connectivity index (χ4n) is 2.84. The second-order valence-corrected chi connectivity index (χ2v) is 5.69. The number of unbranched alkanes of at least 4 members (excludes halogenated alkanes) is 1. The summed E-state index contributed by atoms with van der Waals surface area (Å²) in [6.45, 7) is 3.17. The molecule has 0 aromatic carbocycles. The van der Waals surface area contributed by atoms with E-state index >= 15 is 0 Å². The molecule has 2 aromatic rings. The first kappa shape index (κ1) is 14.1. The van der Waals surface area contributed by atoms with Gasteiger partial charge in [0.05, 0.1) is 17.8 Å². The van der Waals surface area contributed by atoms with Crippen LogP contribution in [-0.4, -0.2) is 26.5 Å². The number of aromatic amines is 1. The van der Waals surface area contributed by atoms with Crippen molar-refractivity contribution >= 4 is 17.3 Å². The summed E-state index contributed by atoms with van der Waals surface area (Å²) < 4.78 is 0. The van der Waals surface area contributed by atoms with Gasteiger partial charge in [-0.05, 0) is 42.9 Å². The number of aromatic nitrogens is 2. The van der Waals surface area contributed by atoms with Gasteiger partial charge in [0, 0.05) is 24.6 Å². The second kappa shape index (κ2) is 6.26. The molecular weight excluding hydrogens is 280 g/mol. The van der Waals surface area contributed by atoms with Crippen molar-refractivity contribution < 1.29 is 0 Å². The Balaban J connectivity index is 1.94. The Labute approximate surface area is 130 Å². The molecule has 21 heavy (non-hydrogen) atoms. The van der Waals surface area contributed by atoms with Crippen LogP contribution < -0.4 is 5.32 Å². The van der Waals surface area contributed by atoms with Gasteiger partial charge in [-0.3, -0.25) is 4.98 Å². The molecule has 3 heterocycles. The van der Waals surface area contributed by atoms with Crippen LogP contribution in [0.25, 0.3) is 0 Å². The third-order valence-electron chi connectivity index (χ3n) is 3.89. The molecule has 1 saturated heterocycles. The van der Waals surface area contributed by atoms with Gasteiger partial charge in [-0.25, -0.2) is 0 Å². The van der Waals surface area contributed by atoms with Crippen molar-refractivity contribution in [1.29, 1.82) is 0 Å². The molecule has 3 rings (SSSR count). The first-order valence-corrected chi connectivity index (χ1v) is 7.83. The highest BCUT2D eigenvalue weighted by molar-refractivity contribution is 7.80. The van der Waals surface area contributed by atoms with Crippen LogP contribution in [0, 0.1) is 0 Å². The molecule has 2 N–H and O–H groups in total. The lowest BCUT2D eigenvalue weighted by molar-refractivity contribution is 0.308. The van der Waals surface area contributed by atoms with Crippen LogP contribution >= 0.6 is 12.2 Å². The first-order valence-electron chi connectivity index (χ1n) is 7.42. The number of H-pyrrole nitrogens is 1. The Hall–Kier alpha value is -1.88. The van der Waals surface area contributed by atoms with Crippen LogP contribution in [0.4, 0.5) is 0 Å². The average molecular weight is 300 g/mol. The number of pyridine rings is 1. The van der Waals surface area contributed by atoms with Gasteiger partial charge in [0.25, 0.3) is 0 Å². The lowest BCUT2D eigenvalue weighted by Gasteiger charge is -2.26. The third-order valence-corrected chi connectivity index (χ3v) is 4.24. The molecule has 1 aliphatic heterocycles. The molecule has 5 heteroatoms. The van der Waals surface area contributed by atoms with E-state index in [-0.39, 0.29) is 12.1 Å². The molecule has 4 nitrogen and oxygen atoms in total. The minimum atomic E-state index is 0.0919. The minimum absolute atomic E-state index is 0.0919. The Kier molecular flexibility index (Phi) is 4.20. The minimum Gasteiger partial charge on any atom is -0.363 e. The summed E-state index contributed by atoms with van der Waals surface area (Å²) in [6, 6.07) is 10.4. The molecule has 0 unspecified atom stereocenters. The number of thiocarbonyl (C=S) groups is 1. The molecule has 0 aliphatic carbocycles. The SMILES string of the molecule is CCCCN1C(=S)N[C@@H](c2ccccn2)[C@@H]1c1ccc[nH]1. The van der Waals surface area contributed by atoms with E-state index in [1.165, 1.54) is 5.69 Å². The Morgan fingerprint density at radius 1 is 1.29 bits per heavy atom. The highest BCUT2D eigenvalue weighted by Gasteiger charge is 2.39. The quantitative estimate of drug-likeness (QED) is 0.832. The maximum absolute atomic E-state index is 5.56. The van der Waals surface area contributed by atoms with Crippen LogP contribution in [0.1, 0.15) is 43.2 Å². The summed E-state index contributed by atoms with van der Waals surface area (Å²) >= 11 is 5.56. The number of hydrogen-bond acceptors (Lipinski definition) is 2. The molecule has 0 spiro atoms. The van der Waals surface area contributed by atoms with E-state index < -0.39 is 0 Å². The van der Waals surface area contributed by atoms with Gasteiger partial charge >= 0.3 is 0 Å². The smallest absolute Gasteiger partial charge is 0.170 e. The van der Waals surface area contributed by atoms with E-state index in [1.54, 1.807) is 0 Å². The highest BCUT2D eigenvalue weighted by Crippen LogP contribution is 2.37. The van der Waals surface area contributed by atoms with Crippen molar-refractivity contribution in [2.24, 2.45) is 0 Å². The topological polar surface area (TPSA) is 44.0 Å². The maximum atomic E-state index is 5.56. The van der Waals surface area contributed by atoms with E-state index in [0.717, 1.165) is 30.2 Å². The molecule has 0 amide bonds. The van der Waals surface area contributed by atoms with Gasteiger partial charge in [0.2, 0.25) is 0 Å². The number of rotatable bonds is 5. The monoisotopic (exact) mass is 300 g/mol. The van der Waals surface area contributed by atoms with Crippen LogP contribution in [0.15, 0.2) is 42.7 Å². The molecule has 0 saturated carbocycles. The van der Waals surface area contributed by atoms with Crippen LogP contribution in [0.2, 0.25) is 0 Å². The zero-order valence-electron chi connectivity index (χ0n) is 12.1. The van der Waals surface area contributed by atoms with E-state index in [4.69, 9.17) is 12.2 Å². The standard InChI is InChI=1S/C16H20N4S/c1-2-3-11-20-15(13-8-6-10-18-13)14(19-16(20)21)12-7-4-5-9-17-12/h4-10,14-15,18H,2-3,11H2,1H3,(H,19,21)/t14-,15-/m0/s1. The molecule has 110 valence electrons. The zero-order valence-corrected chi connectivity index (χ0v) is 12.9. The Morgan fingerprint density at radius 2 is 2.19 bits per heavy atom. The van der Waals surface area contributed by atoms with Gasteiger partial charge < -0.3 is 15.2 Å². The lowest BCUT2D eigenvalue weighted by Crippen LogP contribution is -2.30. The fraction of sp³-hybridized carbons (Fsp3) is 0.375. The third kappa shape index (κ3) is 2.78. The van der Waals surface area contributed by atoms with Crippen molar-refractivity contribution in [1.82, 2.24) is 20.2 Å². The highest BCUT2D eigenvalue weighted by atomic mass is 32.1. The van der Waals surface area contributed by atoms with Gasteiger partial charge in [0.15, 0.2) is 5.11 Å². The Bertz CT molecular complexity index is 582. The van der Waals surface area contributed by atoms with Crippen molar-refractivity contribution in [3.8, 4) is 0 Å². The van der Waals surface area contributed by atoms with E-state index in [1.807, 2.05) is 30.6 Å². The lowest BCUT2D eigenvalue weighted by atomic mass is 10.0. The predicted molar refractivity (Wildman–Crippen MR) is 87.9 cm³/mol. The van der Waals surface area contributed by atoms with Crippen molar-refractivity contribution in [2.75, 3.05) is 6.54 Å². The normalized spacial score (nSPS) is 21.6. The first-order chi connectivity index (χ1) is 10.3. The molecule has 2 aromatic heterocycles. The zero-order chi connectivity index (χ0) is 14.7. The summed E-state index contributed by atoms with van der Waals surface area (Å²) in [7, 11) is 0. The molecule has 0 radical (unpaired) electrons. The van der Waals surface area contributed by atoms with Gasteiger partial charge in [-0.2, -0.15) is 0 Å². The second-order valence-electron chi connectivity index (χ2n) is 5.30. The van der Waals surface area contributed by atoms with Crippen molar-refractivity contribution in [3.63, 3.8) is 0 Å².